The maximum absolute atomic E-state index is 12.0. The van der Waals surface area contributed by atoms with Gasteiger partial charge in [0.25, 0.3) is 0 Å². The third-order valence-corrected chi connectivity index (χ3v) is 4.69. The Hall–Kier alpha value is -1.20. The zero-order chi connectivity index (χ0) is 15.4. The van der Waals surface area contributed by atoms with E-state index in [1.807, 2.05) is 4.90 Å². The standard InChI is InChI=1S/C16H24N2O2S/c1-12(2)13-5-7-14(8-6-13)16-17-11-15(19)18(16)9-4-10-21(3)20/h5-8,12,16-17H,4,9-11H2,1-3H3. The summed E-state index contributed by atoms with van der Waals surface area (Å²) in [6.45, 7) is 5.38. The van der Waals surface area contributed by atoms with Gasteiger partial charge in [-0.15, -0.1) is 0 Å². The first-order valence-electron chi connectivity index (χ1n) is 7.41. The van der Waals surface area contributed by atoms with Gasteiger partial charge in [-0.3, -0.25) is 14.3 Å². The minimum absolute atomic E-state index is 0.0518. The van der Waals surface area contributed by atoms with Crippen LogP contribution in [0.25, 0.3) is 0 Å². The number of amides is 1. The Bertz CT molecular complexity index is 514. The van der Waals surface area contributed by atoms with Gasteiger partial charge < -0.3 is 4.90 Å². The maximum atomic E-state index is 12.0. The molecule has 0 bridgehead atoms. The average Bonchev–Trinajstić information content (AvgIpc) is 2.80. The van der Waals surface area contributed by atoms with Crippen LogP contribution in [0.2, 0.25) is 0 Å². The Morgan fingerprint density at radius 1 is 1.33 bits per heavy atom. The molecule has 0 aliphatic carbocycles. The zero-order valence-corrected chi connectivity index (χ0v) is 13.8. The zero-order valence-electron chi connectivity index (χ0n) is 13.0. The second kappa shape index (κ2) is 7.18. The van der Waals surface area contributed by atoms with E-state index in [0.717, 1.165) is 12.0 Å². The van der Waals surface area contributed by atoms with Crippen LogP contribution in [-0.2, 0) is 15.6 Å². The Kier molecular flexibility index (Phi) is 5.53. The third kappa shape index (κ3) is 4.14. The van der Waals surface area contributed by atoms with Crippen molar-refractivity contribution in [3.8, 4) is 0 Å². The van der Waals surface area contributed by atoms with E-state index in [0.29, 0.717) is 24.8 Å². The van der Waals surface area contributed by atoms with Gasteiger partial charge in [-0.25, -0.2) is 0 Å². The molecule has 21 heavy (non-hydrogen) atoms. The molecule has 1 heterocycles. The predicted molar refractivity (Wildman–Crippen MR) is 86.5 cm³/mol. The van der Waals surface area contributed by atoms with E-state index in [2.05, 4.69) is 43.4 Å². The molecular formula is C16H24N2O2S. The number of hydrogen-bond donors (Lipinski definition) is 1. The lowest BCUT2D eigenvalue weighted by Gasteiger charge is -2.25. The van der Waals surface area contributed by atoms with Gasteiger partial charge in [0.15, 0.2) is 0 Å². The van der Waals surface area contributed by atoms with Crippen LogP contribution in [0.15, 0.2) is 24.3 Å². The molecule has 1 aliphatic rings. The van der Waals surface area contributed by atoms with Crippen molar-refractivity contribution in [1.82, 2.24) is 10.2 Å². The number of nitrogens with zero attached hydrogens (tertiary/aromatic N) is 1. The molecule has 2 atom stereocenters. The molecule has 5 heteroatoms. The first-order valence-corrected chi connectivity index (χ1v) is 9.14. The highest BCUT2D eigenvalue weighted by Gasteiger charge is 2.30. The van der Waals surface area contributed by atoms with Crippen LogP contribution < -0.4 is 5.32 Å². The number of carbonyl (C=O) groups is 1. The lowest BCUT2D eigenvalue weighted by atomic mass is 10.0. The topological polar surface area (TPSA) is 49.4 Å². The van der Waals surface area contributed by atoms with Gasteiger partial charge in [-0.2, -0.15) is 0 Å². The van der Waals surface area contributed by atoms with Gasteiger partial charge in [0.1, 0.15) is 6.17 Å². The van der Waals surface area contributed by atoms with E-state index < -0.39 is 10.8 Å². The summed E-state index contributed by atoms with van der Waals surface area (Å²) < 4.78 is 11.1. The molecule has 116 valence electrons. The highest BCUT2D eigenvalue weighted by Crippen LogP contribution is 2.24. The van der Waals surface area contributed by atoms with Crippen LogP contribution in [0, 0.1) is 0 Å². The number of hydrogen-bond acceptors (Lipinski definition) is 3. The highest BCUT2D eigenvalue weighted by atomic mass is 32.2. The van der Waals surface area contributed by atoms with E-state index >= 15 is 0 Å². The summed E-state index contributed by atoms with van der Waals surface area (Å²) in [5.74, 6) is 1.27. The van der Waals surface area contributed by atoms with Crippen molar-refractivity contribution < 1.29 is 9.00 Å². The van der Waals surface area contributed by atoms with Crippen molar-refractivity contribution >= 4 is 16.7 Å². The van der Waals surface area contributed by atoms with E-state index in [-0.39, 0.29) is 12.1 Å². The third-order valence-electron chi connectivity index (χ3n) is 3.83. The lowest BCUT2D eigenvalue weighted by Crippen LogP contribution is -2.31. The van der Waals surface area contributed by atoms with Gasteiger partial charge in [0.05, 0.1) is 6.54 Å². The van der Waals surface area contributed by atoms with E-state index in [1.165, 1.54) is 5.56 Å². The second-order valence-corrected chi connectivity index (χ2v) is 7.38. The molecule has 1 aliphatic heterocycles. The van der Waals surface area contributed by atoms with Gasteiger partial charge in [0.2, 0.25) is 5.91 Å². The van der Waals surface area contributed by atoms with Gasteiger partial charge >= 0.3 is 0 Å². The molecular weight excluding hydrogens is 284 g/mol. The summed E-state index contributed by atoms with van der Waals surface area (Å²) in [6.07, 6.45) is 2.42. The molecule has 0 spiro atoms. The van der Waals surface area contributed by atoms with Crippen LogP contribution in [0.1, 0.15) is 43.5 Å². The Morgan fingerprint density at radius 2 is 2.00 bits per heavy atom. The lowest BCUT2D eigenvalue weighted by molar-refractivity contribution is -0.128. The average molecular weight is 308 g/mol. The van der Waals surface area contributed by atoms with Crippen LogP contribution >= 0.6 is 0 Å². The quantitative estimate of drug-likeness (QED) is 0.874. The Balaban J connectivity index is 2.06. The largest absolute Gasteiger partial charge is 0.322 e. The van der Waals surface area contributed by atoms with Crippen LogP contribution in [0.4, 0.5) is 0 Å². The second-order valence-electron chi connectivity index (χ2n) is 5.82. The monoisotopic (exact) mass is 308 g/mol. The van der Waals surface area contributed by atoms with E-state index in [1.54, 1.807) is 6.26 Å². The maximum Gasteiger partial charge on any atom is 0.238 e. The first kappa shape index (κ1) is 16.2. The molecule has 1 aromatic carbocycles. The molecule has 1 N–H and O–H groups in total. The van der Waals surface area contributed by atoms with Crippen LogP contribution in [-0.4, -0.2) is 40.1 Å². The fourth-order valence-electron chi connectivity index (χ4n) is 2.59. The molecule has 1 aromatic rings. The summed E-state index contributed by atoms with van der Waals surface area (Å²) >= 11 is 0. The Labute approximate surface area is 129 Å². The molecule has 1 fully saturated rings. The minimum atomic E-state index is -0.799. The van der Waals surface area contributed by atoms with Crippen LogP contribution in [0.5, 0.6) is 0 Å². The number of benzene rings is 1. The summed E-state index contributed by atoms with van der Waals surface area (Å²) in [4.78, 5) is 13.9. The molecule has 1 saturated heterocycles. The predicted octanol–water partition coefficient (Wildman–Crippen LogP) is 2.01. The summed E-state index contributed by atoms with van der Waals surface area (Å²) in [7, 11) is -0.799. The fraction of sp³-hybridized carbons (Fsp3) is 0.562. The summed E-state index contributed by atoms with van der Waals surface area (Å²) in [5.41, 5.74) is 2.42. The Morgan fingerprint density at radius 3 is 2.57 bits per heavy atom. The molecule has 2 unspecified atom stereocenters. The molecule has 0 aromatic heterocycles. The summed E-state index contributed by atoms with van der Waals surface area (Å²) in [6, 6.07) is 8.45. The van der Waals surface area contributed by atoms with Crippen molar-refractivity contribution in [1.29, 1.82) is 0 Å². The smallest absolute Gasteiger partial charge is 0.238 e. The molecule has 2 rings (SSSR count). The number of carbonyl (C=O) groups excluding carboxylic acids is 1. The first-order chi connectivity index (χ1) is 9.99. The van der Waals surface area contributed by atoms with E-state index in [9.17, 15) is 9.00 Å². The number of rotatable bonds is 6. The summed E-state index contributed by atoms with van der Waals surface area (Å²) in [5, 5.41) is 3.26. The normalized spacial score (nSPS) is 20.3. The molecule has 4 nitrogen and oxygen atoms in total. The molecule has 0 radical (unpaired) electrons. The SMILES string of the molecule is CC(C)c1ccc(C2NCC(=O)N2CCCS(C)=O)cc1. The van der Waals surface area contributed by atoms with Crippen molar-refractivity contribution in [2.24, 2.45) is 0 Å². The van der Waals surface area contributed by atoms with E-state index in [4.69, 9.17) is 0 Å². The van der Waals surface area contributed by atoms with Crippen molar-refractivity contribution in [3.63, 3.8) is 0 Å². The van der Waals surface area contributed by atoms with Crippen molar-refractivity contribution in [3.05, 3.63) is 35.4 Å². The minimum Gasteiger partial charge on any atom is -0.322 e. The molecule has 1 amide bonds. The van der Waals surface area contributed by atoms with Crippen LogP contribution in [0.3, 0.4) is 0 Å². The highest BCUT2D eigenvalue weighted by molar-refractivity contribution is 7.84. The van der Waals surface area contributed by atoms with Gasteiger partial charge in [-0.05, 0) is 23.5 Å². The van der Waals surface area contributed by atoms with Crippen molar-refractivity contribution in [2.75, 3.05) is 25.1 Å². The van der Waals surface area contributed by atoms with Gasteiger partial charge in [0, 0.05) is 29.4 Å². The fourth-order valence-corrected chi connectivity index (χ4v) is 3.13. The van der Waals surface area contributed by atoms with Gasteiger partial charge in [-0.1, -0.05) is 38.1 Å². The van der Waals surface area contributed by atoms with Crippen molar-refractivity contribution in [2.45, 2.75) is 32.4 Å². The molecule has 0 saturated carbocycles. The number of nitrogens with one attached hydrogen (secondary N) is 1.